The van der Waals surface area contributed by atoms with Gasteiger partial charge in [0.15, 0.2) is 0 Å². The number of hydrogen-bond acceptors (Lipinski definition) is 1. The Kier molecular flexibility index (Phi) is 2.32. The smallest absolute Gasteiger partial charge is 0.107 e. The van der Waals surface area contributed by atoms with Crippen molar-refractivity contribution in [1.82, 2.24) is 4.98 Å². The Morgan fingerprint density at radius 1 is 1.50 bits per heavy atom. The summed E-state index contributed by atoms with van der Waals surface area (Å²) in [6.07, 6.45) is 0. The van der Waals surface area contributed by atoms with Crippen molar-refractivity contribution in [3.05, 3.63) is 40.8 Å². The van der Waals surface area contributed by atoms with Gasteiger partial charge in [-0.25, -0.2) is 4.98 Å². The SMILES string of the molecule is [CH]c1nc(Br)cc(Cl)c1[CH]. The van der Waals surface area contributed by atoms with Crippen LogP contribution in [-0.2, 0) is 0 Å². The molecular formula is C7H3BrClN. The molecule has 10 heavy (non-hydrogen) atoms. The summed E-state index contributed by atoms with van der Waals surface area (Å²) in [5, 5.41) is 0.416. The molecule has 0 aliphatic heterocycles. The van der Waals surface area contributed by atoms with Crippen molar-refractivity contribution in [2.45, 2.75) is 0 Å². The fourth-order valence-electron chi connectivity index (χ4n) is 0.512. The minimum absolute atomic E-state index is 0.249. The van der Waals surface area contributed by atoms with E-state index in [1.165, 1.54) is 0 Å². The maximum Gasteiger partial charge on any atom is 0.107 e. The van der Waals surface area contributed by atoms with E-state index in [4.69, 9.17) is 25.4 Å². The van der Waals surface area contributed by atoms with E-state index in [1.54, 1.807) is 6.07 Å². The topological polar surface area (TPSA) is 12.9 Å². The molecule has 0 fully saturated rings. The van der Waals surface area contributed by atoms with Crippen molar-refractivity contribution in [3.8, 4) is 0 Å². The van der Waals surface area contributed by atoms with Crippen molar-refractivity contribution in [2.75, 3.05) is 0 Å². The zero-order valence-electron chi connectivity index (χ0n) is 4.94. The zero-order valence-corrected chi connectivity index (χ0v) is 7.28. The first-order chi connectivity index (χ1) is 4.61. The number of nitrogens with zero attached hydrogens (tertiary/aromatic N) is 1. The van der Waals surface area contributed by atoms with Gasteiger partial charge in [0, 0.05) is 18.9 Å². The molecule has 50 valence electrons. The molecule has 4 radical (unpaired) electrons. The van der Waals surface area contributed by atoms with Gasteiger partial charge in [0.2, 0.25) is 0 Å². The van der Waals surface area contributed by atoms with Gasteiger partial charge in [-0.1, -0.05) is 11.6 Å². The highest BCUT2D eigenvalue weighted by Gasteiger charge is 2.01. The average Bonchev–Trinajstić information content (AvgIpc) is 1.82. The van der Waals surface area contributed by atoms with E-state index in [9.17, 15) is 0 Å². The van der Waals surface area contributed by atoms with Crippen molar-refractivity contribution in [3.63, 3.8) is 0 Å². The van der Waals surface area contributed by atoms with E-state index in [0.29, 0.717) is 15.2 Å². The summed E-state index contributed by atoms with van der Waals surface area (Å²) >= 11 is 8.76. The van der Waals surface area contributed by atoms with Gasteiger partial charge in [0.1, 0.15) is 4.60 Å². The molecule has 1 rings (SSSR count). The van der Waals surface area contributed by atoms with Crippen LogP contribution in [0.2, 0.25) is 5.02 Å². The van der Waals surface area contributed by atoms with Gasteiger partial charge >= 0.3 is 0 Å². The standard InChI is InChI=1S/C7H3BrClN/c1-4-5(2)10-7(8)3-6(4)9/h1-3H. The predicted octanol–water partition coefficient (Wildman–Crippen LogP) is 2.62. The van der Waals surface area contributed by atoms with Crippen LogP contribution in [0.1, 0.15) is 11.3 Å². The van der Waals surface area contributed by atoms with Crippen LogP contribution in [0, 0.1) is 13.8 Å². The molecule has 0 atom stereocenters. The number of rotatable bonds is 0. The number of aromatic nitrogens is 1. The summed E-state index contributed by atoms with van der Waals surface area (Å²) in [5.41, 5.74) is 0.573. The summed E-state index contributed by atoms with van der Waals surface area (Å²) in [7, 11) is 0. The van der Waals surface area contributed by atoms with E-state index in [0.717, 1.165) is 0 Å². The first-order valence-electron chi connectivity index (χ1n) is 2.48. The van der Waals surface area contributed by atoms with E-state index in [-0.39, 0.29) is 5.69 Å². The normalized spacial score (nSPS) is 10.0. The van der Waals surface area contributed by atoms with Crippen LogP contribution in [0.15, 0.2) is 10.7 Å². The quantitative estimate of drug-likeness (QED) is 0.608. The van der Waals surface area contributed by atoms with Gasteiger partial charge in [-0.2, -0.15) is 0 Å². The Bertz CT molecular complexity index is 237. The van der Waals surface area contributed by atoms with Crippen LogP contribution in [0.5, 0.6) is 0 Å². The molecule has 0 aliphatic carbocycles. The van der Waals surface area contributed by atoms with E-state index >= 15 is 0 Å². The second-order valence-corrected chi connectivity index (χ2v) is 2.95. The molecule has 1 nitrogen and oxygen atoms in total. The van der Waals surface area contributed by atoms with Gasteiger partial charge in [-0.3, -0.25) is 0 Å². The molecule has 0 aromatic carbocycles. The van der Waals surface area contributed by atoms with Gasteiger partial charge < -0.3 is 0 Å². The van der Waals surface area contributed by atoms with Crippen molar-refractivity contribution < 1.29 is 0 Å². The Balaban J connectivity index is 3.31. The average molecular weight is 216 g/mol. The fraction of sp³-hybridized carbons (Fsp3) is 0. The van der Waals surface area contributed by atoms with Gasteiger partial charge in [-0.15, -0.1) is 0 Å². The first kappa shape index (κ1) is 8.02. The molecule has 0 spiro atoms. The lowest BCUT2D eigenvalue weighted by atomic mass is 10.2. The summed E-state index contributed by atoms with van der Waals surface area (Å²) in [6, 6.07) is 1.59. The zero-order chi connectivity index (χ0) is 7.72. The van der Waals surface area contributed by atoms with Crippen molar-refractivity contribution in [2.24, 2.45) is 0 Å². The third kappa shape index (κ3) is 1.50. The van der Waals surface area contributed by atoms with E-state index in [2.05, 4.69) is 20.9 Å². The van der Waals surface area contributed by atoms with Crippen LogP contribution in [0.3, 0.4) is 0 Å². The molecule has 3 heteroatoms. The van der Waals surface area contributed by atoms with Crippen molar-refractivity contribution in [1.29, 1.82) is 0 Å². The van der Waals surface area contributed by atoms with Crippen LogP contribution < -0.4 is 0 Å². The third-order valence-electron chi connectivity index (χ3n) is 1.01. The lowest BCUT2D eigenvalue weighted by Crippen LogP contribution is -1.87. The second-order valence-electron chi connectivity index (χ2n) is 1.73. The number of halogens is 2. The van der Waals surface area contributed by atoms with Gasteiger partial charge in [0.05, 0.1) is 5.69 Å². The molecule has 0 saturated heterocycles. The third-order valence-corrected chi connectivity index (χ3v) is 1.73. The Morgan fingerprint density at radius 2 is 2.10 bits per heavy atom. The second kappa shape index (κ2) is 2.89. The summed E-state index contributed by atoms with van der Waals surface area (Å²) < 4.78 is 0.587. The predicted molar refractivity (Wildman–Crippen MR) is 43.8 cm³/mol. The molecule has 0 aliphatic rings. The summed E-state index contributed by atoms with van der Waals surface area (Å²) in [6.45, 7) is 10.8. The highest BCUT2D eigenvalue weighted by Crippen LogP contribution is 2.20. The van der Waals surface area contributed by atoms with E-state index < -0.39 is 0 Å². The molecule has 1 heterocycles. The Hall–Kier alpha value is -0.0800. The highest BCUT2D eigenvalue weighted by molar-refractivity contribution is 9.10. The van der Waals surface area contributed by atoms with E-state index in [1.807, 2.05) is 0 Å². The molecule has 0 unspecified atom stereocenters. The van der Waals surface area contributed by atoms with Crippen LogP contribution >= 0.6 is 27.5 Å². The lowest BCUT2D eigenvalue weighted by molar-refractivity contribution is 1.20. The van der Waals surface area contributed by atoms with Gasteiger partial charge in [-0.05, 0) is 27.6 Å². The molecular weight excluding hydrogens is 213 g/mol. The van der Waals surface area contributed by atoms with Crippen LogP contribution in [0.4, 0.5) is 0 Å². The molecule has 0 saturated carbocycles. The lowest BCUT2D eigenvalue weighted by Gasteiger charge is -2.00. The minimum Gasteiger partial charge on any atom is -0.245 e. The Morgan fingerprint density at radius 3 is 2.60 bits per heavy atom. The monoisotopic (exact) mass is 215 g/mol. The first-order valence-corrected chi connectivity index (χ1v) is 3.65. The fourth-order valence-corrected chi connectivity index (χ4v) is 1.26. The van der Waals surface area contributed by atoms with Crippen LogP contribution in [-0.4, -0.2) is 4.98 Å². The highest BCUT2D eigenvalue weighted by atomic mass is 79.9. The minimum atomic E-state index is 0.249. The summed E-state index contributed by atoms with van der Waals surface area (Å²) in [4.78, 5) is 3.82. The maximum absolute atomic E-state index is 5.64. The molecule has 1 aromatic rings. The Labute approximate surface area is 73.6 Å². The molecule has 0 amide bonds. The van der Waals surface area contributed by atoms with Gasteiger partial charge in [0.25, 0.3) is 0 Å². The van der Waals surface area contributed by atoms with Crippen molar-refractivity contribution >= 4 is 27.5 Å². The molecule has 0 N–H and O–H groups in total. The maximum atomic E-state index is 5.64. The largest absolute Gasteiger partial charge is 0.245 e. The van der Waals surface area contributed by atoms with Crippen LogP contribution in [0.25, 0.3) is 0 Å². The number of hydrogen-bond donors (Lipinski definition) is 0. The summed E-state index contributed by atoms with van der Waals surface area (Å²) in [5.74, 6) is 0. The molecule has 0 bridgehead atoms. The number of pyridine rings is 1. The molecule has 1 aromatic heterocycles.